The first-order chi connectivity index (χ1) is 16.1. The molecular weight excluding hydrogens is 473 g/mol. The van der Waals surface area contributed by atoms with Crippen LogP contribution in [0.3, 0.4) is 0 Å². The van der Waals surface area contributed by atoms with Gasteiger partial charge in [0.1, 0.15) is 6.04 Å². The van der Waals surface area contributed by atoms with Crippen molar-refractivity contribution in [1.82, 2.24) is 10.2 Å². The van der Waals surface area contributed by atoms with Crippen LogP contribution < -0.4 is 5.32 Å². The van der Waals surface area contributed by atoms with Crippen molar-refractivity contribution < 1.29 is 37.3 Å². The number of carboxylic acids is 1. The van der Waals surface area contributed by atoms with Crippen LogP contribution in [0.2, 0.25) is 0 Å². The van der Waals surface area contributed by atoms with Crippen LogP contribution in [0.4, 0.5) is 13.2 Å². The Kier molecular flexibility index (Phi) is 8.99. The zero-order valence-corrected chi connectivity index (χ0v) is 20.4. The summed E-state index contributed by atoms with van der Waals surface area (Å²) in [6.07, 6.45) is 1.31. The largest absolute Gasteiger partial charge is 0.490 e. The number of carboxylic acid groups (broad SMARTS) is 1. The number of thiophene rings is 1. The van der Waals surface area contributed by atoms with Gasteiger partial charge in [0.2, 0.25) is 0 Å². The van der Waals surface area contributed by atoms with E-state index in [1.807, 2.05) is 11.3 Å². The average molecular weight is 507 g/mol. The standard InChI is InChI=1S/C21H32N2O3S.C2HF3O2/c1-3-16-12-17-19(27-16)6-11-26-21(17)7-9-23(10-8-21)14-15-4-5-18(22-13-15)20(24)25-2;3-2(4,5)1(6)7/h12,15,18,22H,3-11,13-14H2,1-2H3;(H,6,7). The van der Waals surface area contributed by atoms with Crippen molar-refractivity contribution >= 4 is 23.3 Å². The third kappa shape index (κ3) is 6.50. The van der Waals surface area contributed by atoms with Crippen LogP contribution in [-0.2, 0) is 37.5 Å². The van der Waals surface area contributed by atoms with Gasteiger partial charge in [0.15, 0.2) is 0 Å². The van der Waals surface area contributed by atoms with E-state index in [-0.39, 0.29) is 17.6 Å². The van der Waals surface area contributed by atoms with E-state index < -0.39 is 12.1 Å². The normalized spacial score (nSPS) is 24.6. The fourth-order valence-corrected chi connectivity index (χ4v) is 6.11. The molecule has 1 spiro atoms. The number of piperidine rings is 2. The van der Waals surface area contributed by atoms with Crippen LogP contribution in [0.5, 0.6) is 0 Å². The predicted octanol–water partition coefficient (Wildman–Crippen LogP) is 3.35. The van der Waals surface area contributed by atoms with Crippen LogP contribution in [0, 0.1) is 5.92 Å². The quantitative estimate of drug-likeness (QED) is 0.606. The lowest BCUT2D eigenvalue weighted by molar-refractivity contribution is -0.192. The molecule has 7 nitrogen and oxygen atoms in total. The van der Waals surface area contributed by atoms with E-state index in [1.165, 1.54) is 17.6 Å². The number of carbonyl (C=O) groups excluding carboxylic acids is 1. The third-order valence-electron chi connectivity index (χ3n) is 6.83. The molecule has 11 heteroatoms. The van der Waals surface area contributed by atoms with Crippen molar-refractivity contribution in [1.29, 1.82) is 0 Å². The Balaban J connectivity index is 0.000000406. The van der Waals surface area contributed by atoms with Crippen molar-refractivity contribution in [2.24, 2.45) is 5.92 Å². The maximum absolute atomic E-state index is 11.7. The van der Waals surface area contributed by atoms with Crippen molar-refractivity contribution in [2.75, 3.05) is 39.9 Å². The fourth-order valence-electron chi connectivity index (χ4n) is 4.94. The summed E-state index contributed by atoms with van der Waals surface area (Å²) in [5, 5.41) is 10.5. The highest BCUT2D eigenvalue weighted by Crippen LogP contribution is 2.44. The summed E-state index contributed by atoms with van der Waals surface area (Å²) < 4.78 is 43.0. The van der Waals surface area contributed by atoms with Gasteiger partial charge in [-0.05, 0) is 56.2 Å². The zero-order chi connectivity index (χ0) is 24.9. The molecule has 0 aromatic carbocycles. The number of esters is 1. The number of methoxy groups -OCH3 is 1. The number of aryl methyl sites for hydroxylation is 1. The molecular formula is C23H33F3N2O5S. The molecule has 2 N–H and O–H groups in total. The Morgan fingerprint density at radius 2 is 2.00 bits per heavy atom. The molecule has 0 bridgehead atoms. The van der Waals surface area contributed by atoms with Gasteiger partial charge in [-0.1, -0.05) is 6.92 Å². The molecule has 3 aliphatic rings. The van der Waals surface area contributed by atoms with Crippen molar-refractivity contribution in [3.05, 3.63) is 21.4 Å². The number of rotatable bonds is 4. The second-order valence-electron chi connectivity index (χ2n) is 9.03. The van der Waals surface area contributed by atoms with Crippen LogP contribution in [0.15, 0.2) is 6.07 Å². The Morgan fingerprint density at radius 1 is 1.32 bits per heavy atom. The molecule has 1 aromatic rings. The van der Waals surface area contributed by atoms with E-state index in [4.69, 9.17) is 19.4 Å². The fraction of sp³-hybridized carbons (Fsp3) is 0.739. The van der Waals surface area contributed by atoms with Crippen molar-refractivity contribution in [2.45, 2.75) is 63.3 Å². The average Bonchev–Trinajstić information content (AvgIpc) is 3.26. The number of nitrogens with zero attached hydrogens (tertiary/aromatic N) is 1. The van der Waals surface area contributed by atoms with Crippen LogP contribution in [0.25, 0.3) is 0 Å². The Hall–Kier alpha value is -1.69. The number of carbonyl (C=O) groups is 2. The second kappa shape index (κ2) is 11.4. The number of fused-ring (bicyclic) bond motifs is 2. The summed E-state index contributed by atoms with van der Waals surface area (Å²) in [6.45, 7) is 7.36. The van der Waals surface area contributed by atoms with Gasteiger partial charge in [0, 0.05) is 35.8 Å². The highest BCUT2D eigenvalue weighted by atomic mass is 32.1. The van der Waals surface area contributed by atoms with Gasteiger partial charge in [0.05, 0.1) is 19.3 Å². The van der Waals surface area contributed by atoms with Gasteiger partial charge >= 0.3 is 18.1 Å². The SMILES string of the molecule is CCc1cc2c(s1)CCOC21CCN(CC2CCC(C(=O)OC)NC2)CC1.O=C(O)C(F)(F)F. The molecule has 2 saturated heterocycles. The van der Waals surface area contributed by atoms with Crippen LogP contribution in [-0.4, -0.2) is 74.1 Å². The molecule has 192 valence electrons. The molecule has 3 aliphatic heterocycles. The van der Waals surface area contributed by atoms with Gasteiger partial charge in [-0.3, -0.25) is 4.79 Å². The number of alkyl halides is 3. The lowest BCUT2D eigenvalue weighted by atomic mass is 9.81. The Bertz CT molecular complexity index is 844. The molecule has 34 heavy (non-hydrogen) atoms. The van der Waals surface area contributed by atoms with Gasteiger partial charge < -0.3 is 24.8 Å². The minimum Gasteiger partial charge on any atom is -0.475 e. The highest BCUT2D eigenvalue weighted by molar-refractivity contribution is 7.12. The first-order valence-corrected chi connectivity index (χ1v) is 12.5. The van der Waals surface area contributed by atoms with E-state index in [0.717, 1.165) is 71.3 Å². The Labute approximate surface area is 201 Å². The van der Waals surface area contributed by atoms with Gasteiger partial charge in [-0.2, -0.15) is 13.2 Å². The summed E-state index contributed by atoms with van der Waals surface area (Å²) in [4.78, 5) is 26.2. The monoisotopic (exact) mass is 506 g/mol. The molecule has 0 saturated carbocycles. The first kappa shape index (κ1) is 26.9. The number of halogens is 3. The number of ether oxygens (including phenoxy) is 2. The lowest BCUT2D eigenvalue weighted by Gasteiger charge is -2.45. The minimum absolute atomic E-state index is 0.0329. The summed E-state index contributed by atoms with van der Waals surface area (Å²) >= 11 is 2.00. The molecule has 0 radical (unpaired) electrons. The van der Waals surface area contributed by atoms with E-state index in [2.05, 4.69) is 23.2 Å². The molecule has 4 rings (SSSR count). The number of hydrogen-bond acceptors (Lipinski definition) is 7. The van der Waals surface area contributed by atoms with Gasteiger partial charge in [-0.15, -0.1) is 11.3 Å². The van der Waals surface area contributed by atoms with Crippen LogP contribution in [0.1, 0.15) is 47.9 Å². The highest BCUT2D eigenvalue weighted by Gasteiger charge is 2.42. The third-order valence-corrected chi connectivity index (χ3v) is 8.17. The van der Waals surface area contributed by atoms with Crippen LogP contribution >= 0.6 is 11.3 Å². The summed E-state index contributed by atoms with van der Waals surface area (Å²) in [5.74, 6) is -2.26. The molecule has 0 aliphatic carbocycles. The maximum Gasteiger partial charge on any atom is 0.490 e. The summed E-state index contributed by atoms with van der Waals surface area (Å²) in [6, 6.07) is 2.31. The van der Waals surface area contributed by atoms with Crippen molar-refractivity contribution in [3.8, 4) is 0 Å². The molecule has 1 aromatic heterocycles. The Morgan fingerprint density at radius 3 is 2.53 bits per heavy atom. The maximum atomic E-state index is 11.7. The van der Waals surface area contributed by atoms with E-state index in [0.29, 0.717) is 5.92 Å². The van der Waals surface area contributed by atoms with E-state index in [9.17, 15) is 18.0 Å². The first-order valence-electron chi connectivity index (χ1n) is 11.7. The van der Waals surface area contributed by atoms with Gasteiger partial charge in [-0.25, -0.2) is 4.79 Å². The molecule has 4 heterocycles. The van der Waals surface area contributed by atoms with Crippen molar-refractivity contribution in [3.63, 3.8) is 0 Å². The number of hydrogen-bond donors (Lipinski definition) is 2. The van der Waals surface area contributed by atoms with E-state index >= 15 is 0 Å². The number of likely N-dealkylation sites (tertiary alicyclic amines) is 1. The second-order valence-corrected chi connectivity index (χ2v) is 10.2. The predicted molar refractivity (Wildman–Crippen MR) is 121 cm³/mol. The summed E-state index contributed by atoms with van der Waals surface area (Å²) in [5.41, 5.74) is 1.46. The molecule has 2 fully saturated rings. The van der Waals surface area contributed by atoms with Gasteiger partial charge in [0.25, 0.3) is 0 Å². The zero-order valence-electron chi connectivity index (χ0n) is 19.6. The summed E-state index contributed by atoms with van der Waals surface area (Å²) in [7, 11) is 1.47. The smallest absolute Gasteiger partial charge is 0.475 e. The topological polar surface area (TPSA) is 88.1 Å². The number of aliphatic carboxylic acids is 1. The van der Waals surface area contributed by atoms with E-state index in [1.54, 1.807) is 4.88 Å². The molecule has 0 amide bonds. The number of nitrogens with one attached hydrogen (secondary N) is 1. The lowest BCUT2D eigenvalue weighted by Crippen LogP contribution is -2.50. The molecule has 2 unspecified atom stereocenters. The molecule has 2 atom stereocenters. The minimum atomic E-state index is -5.08.